The van der Waals surface area contributed by atoms with E-state index in [4.69, 9.17) is 4.74 Å². The van der Waals surface area contributed by atoms with Gasteiger partial charge in [-0.25, -0.2) is 0 Å². The Kier molecular flexibility index (Phi) is 3.23. The number of methoxy groups -OCH3 is 1. The molecule has 1 aliphatic heterocycles. The van der Waals surface area contributed by atoms with E-state index in [-0.39, 0.29) is 0 Å². The summed E-state index contributed by atoms with van der Waals surface area (Å²) in [4.78, 5) is 2.66. The summed E-state index contributed by atoms with van der Waals surface area (Å²) in [6, 6.07) is 0.906. The van der Waals surface area contributed by atoms with E-state index in [9.17, 15) is 0 Å². The number of ether oxygens (including phenoxy) is 1. The van der Waals surface area contributed by atoms with Crippen LogP contribution in [-0.2, 0) is 4.74 Å². The highest BCUT2D eigenvalue weighted by molar-refractivity contribution is 4.90. The molecule has 13 heavy (non-hydrogen) atoms. The van der Waals surface area contributed by atoms with Crippen LogP contribution < -0.4 is 0 Å². The quantitative estimate of drug-likeness (QED) is 0.660. The van der Waals surface area contributed by atoms with Crippen molar-refractivity contribution in [3.05, 3.63) is 0 Å². The van der Waals surface area contributed by atoms with Crippen molar-refractivity contribution in [2.24, 2.45) is 5.92 Å². The van der Waals surface area contributed by atoms with Gasteiger partial charge in [-0.1, -0.05) is 6.42 Å². The molecular formula is C11H21NO. The first kappa shape index (κ1) is 9.47. The number of hydrogen-bond donors (Lipinski definition) is 0. The van der Waals surface area contributed by atoms with Crippen molar-refractivity contribution < 1.29 is 4.74 Å². The lowest BCUT2D eigenvalue weighted by molar-refractivity contribution is 0.0862. The van der Waals surface area contributed by atoms with E-state index in [1.54, 1.807) is 7.11 Å². The summed E-state index contributed by atoms with van der Waals surface area (Å²) in [7, 11) is 1.80. The summed E-state index contributed by atoms with van der Waals surface area (Å²) < 4.78 is 5.15. The lowest BCUT2D eigenvalue weighted by Gasteiger charge is -2.35. The topological polar surface area (TPSA) is 12.5 Å². The maximum atomic E-state index is 5.15. The zero-order valence-corrected chi connectivity index (χ0v) is 8.67. The van der Waals surface area contributed by atoms with Gasteiger partial charge >= 0.3 is 0 Å². The lowest BCUT2D eigenvalue weighted by Crippen LogP contribution is -2.42. The first-order valence-corrected chi connectivity index (χ1v) is 5.65. The Morgan fingerprint density at radius 1 is 1.23 bits per heavy atom. The maximum absolute atomic E-state index is 5.15. The van der Waals surface area contributed by atoms with Crippen LogP contribution >= 0.6 is 0 Å². The van der Waals surface area contributed by atoms with E-state index in [1.807, 2.05) is 0 Å². The smallest absolute Gasteiger partial charge is 0.0589 e. The monoisotopic (exact) mass is 183 g/mol. The number of likely N-dealkylation sites (tertiary alicyclic amines) is 1. The van der Waals surface area contributed by atoms with Gasteiger partial charge in [-0.05, 0) is 38.1 Å². The second-order valence-electron chi connectivity index (χ2n) is 4.43. The van der Waals surface area contributed by atoms with Crippen LogP contribution in [-0.4, -0.2) is 37.7 Å². The maximum Gasteiger partial charge on any atom is 0.0589 e. The van der Waals surface area contributed by atoms with Crippen LogP contribution in [0.5, 0.6) is 0 Å². The molecule has 2 aliphatic rings. The van der Waals surface area contributed by atoms with Crippen LogP contribution in [0.15, 0.2) is 0 Å². The minimum absolute atomic E-state index is 0.906. The Labute approximate surface area is 81.3 Å². The molecule has 0 N–H and O–H groups in total. The van der Waals surface area contributed by atoms with Gasteiger partial charge in [0.1, 0.15) is 0 Å². The lowest BCUT2D eigenvalue weighted by atomic mass is 9.98. The fraction of sp³-hybridized carbons (Fsp3) is 1.00. The molecule has 0 bridgehead atoms. The van der Waals surface area contributed by atoms with E-state index in [1.165, 1.54) is 38.6 Å². The van der Waals surface area contributed by atoms with Gasteiger partial charge in [0, 0.05) is 19.7 Å². The molecule has 0 spiro atoms. The predicted molar refractivity (Wildman–Crippen MR) is 53.8 cm³/mol. The largest absolute Gasteiger partial charge is 0.383 e. The predicted octanol–water partition coefficient (Wildman–Crippen LogP) is 1.90. The molecule has 1 saturated carbocycles. The molecule has 2 fully saturated rings. The highest BCUT2D eigenvalue weighted by atomic mass is 16.5. The van der Waals surface area contributed by atoms with Crippen molar-refractivity contribution in [1.82, 2.24) is 4.90 Å². The molecule has 1 unspecified atom stereocenters. The first-order chi connectivity index (χ1) is 6.42. The molecule has 0 amide bonds. The third-order valence-corrected chi connectivity index (χ3v) is 3.41. The van der Waals surface area contributed by atoms with Gasteiger partial charge in [-0.15, -0.1) is 0 Å². The van der Waals surface area contributed by atoms with E-state index in [0.29, 0.717) is 0 Å². The van der Waals surface area contributed by atoms with Gasteiger partial charge in [0.05, 0.1) is 6.61 Å². The van der Waals surface area contributed by atoms with Gasteiger partial charge in [-0.3, -0.25) is 4.90 Å². The third-order valence-electron chi connectivity index (χ3n) is 3.41. The number of hydrogen-bond acceptors (Lipinski definition) is 2. The van der Waals surface area contributed by atoms with Crippen LogP contribution in [0.25, 0.3) is 0 Å². The normalized spacial score (nSPS) is 30.7. The van der Waals surface area contributed by atoms with E-state index in [0.717, 1.165) is 25.1 Å². The fourth-order valence-corrected chi connectivity index (χ4v) is 2.52. The Morgan fingerprint density at radius 3 is 2.77 bits per heavy atom. The van der Waals surface area contributed by atoms with E-state index < -0.39 is 0 Å². The molecule has 2 rings (SSSR count). The van der Waals surface area contributed by atoms with E-state index in [2.05, 4.69) is 4.90 Å². The van der Waals surface area contributed by atoms with Gasteiger partial charge in [0.15, 0.2) is 0 Å². The van der Waals surface area contributed by atoms with Crippen LogP contribution in [0.2, 0.25) is 0 Å². The van der Waals surface area contributed by atoms with Crippen molar-refractivity contribution in [3.63, 3.8) is 0 Å². The summed E-state index contributed by atoms with van der Waals surface area (Å²) >= 11 is 0. The number of nitrogens with zero attached hydrogens (tertiary/aromatic N) is 1. The molecule has 76 valence electrons. The summed E-state index contributed by atoms with van der Waals surface area (Å²) in [6.45, 7) is 3.37. The average Bonchev–Trinajstić information content (AvgIpc) is 2.98. The number of rotatable bonds is 4. The Morgan fingerprint density at radius 2 is 2.08 bits per heavy atom. The molecule has 2 nitrogen and oxygen atoms in total. The summed E-state index contributed by atoms with van der Waals surface area (Å²) in [5.74, 6) is 1.04. The van der Waals surface area contributed by atoms with Crippen LogP contribution in [0.4, 0.5) is 0 Å². The Hall–Kier alpha value is -0.0800. The van der Waals surface area contributed by atoms with Crippen LogP contribution in [0, 0.1) is 5.92 Å². The van der Waals surface area contributed by atoms with Gasteiger partial charge < -0.3 is 4.74 Å². The standard InChI is InChI=1S/C11H21NO/c1-13-9-8-12-7-3-2-4-11(12)10-5-6-10/h10-11H,2-9H2,1H3. The first-order valence-electron chi connectivity index (χ1n) is 5.65. The Balaban J connectivity index is 1.81. The van der Waals surface area contributed by atoms with Crippen molar-refractivity contribution in [2.75, 3.05) is 26.8 Å². The molecule has 0 radical (unpaired) electrons. The highest BCUT2D eigenvalue weighted by Gasteiger charge is 2.35. The average molecular weight is 183 g/mol. The SMILES string of the molecule is COCCN1CCCCC1C1CC1. The zero-order valence-electron chi connectivity index (χ0n) is 8.67. The summed E-state index contributed by atoms with van der Waals surface area (Å²) in [6.07, 6.45) is 7.24. The number of piperidine rings is 1. The fourth-order valence-electron chi connectivity index (χ4n) is 2.52. The molecule has 0 aromatic carbocycles. The second-order valence-corrected chi connectivity index (χ2v) is 4.43. The van der Waals surface area contributed by atoms with Crippen molar-refractivity contribution in [3.8, 4) is 0 Å². The van der Waals surface area contributed by atoms with Gasteiger partial charge in [0.2, 0.25) is 0 Å². The minimum atomic E-state index is 0.906. The third kappa shape index (κ3) is 2.44. The molecule has 1 atom stereocenters. The van der Waals surface area contributed by atoms with Crippen molar-refractivity contribution in [2.45, 2.75) is 38.1 Å². The molecule has 0 aromatic rings. The van der Waals surface area contributed by atoms with Crippen LogP contribution in [0.1, 0.15) is 32.1 Å². The van der Waals surface area contributed by atoms with Gasteiger partial charge in [0.25, 0.3) is 0 Å². The molecule has 1 saturated heterocycles. The minimum Gasteiger partial charge on any atom is -0.383 e. The molecule has 1 aliphatic carbocycles. The summed E-state index contributed by atoms with van der Waals surface area (Å²) in [5, 5.41) is 0. The van der Waals surface area contributed by atoms with Crippen LogP contribution in [0.3, 0.4) is 0 Å². The molecule has 1 heterocycles. The molecular weight excluding hydrogens is 162 g/mol. The molecule has 0 aromatic heterocycles. The Bertz CT molecular complexity index is 156. The second kappa shape index (κ2) is 4.43. The van der Waals surface area contributed by atoms with E-state index >= 15 is 0 Å². The summed E-state index contributed by atoms with van der Waals surface area (Å²) in [5.41, 5.74) is 0. The molecule has 2 heteroatoms. The van der Waals surface area contributed by atoms with Crippen molar-refractivity contribution in [1.29, 1.82) is 0 Å². The zero-order chi connectivity index (χ0) is 9.10. The van der Waals surface area contributed by atoms with Gasteiger partial charge in [-0.2, -0.15) is 0 Å². The van der Waals surface area contributed by atoms with Crippen molar-refractivity contribution >= 4 is 0 Å². The highest BCUT2D eigenvalue weighted by Crippen LogP contribution is 2.39.